The minimum absolute atomic E-state index is 0.356. The number of hydrogen-bond acceptors (Lipinski definition) is 3. The van der Waals surface area contributed by atoms with Crippen LogP contribution in [0.1, 0.15) is 20.3 Å². The minimum atomic E-state index is -1.73. The Bertz CT molecular complexity index is 251. The monoisotopic (exact) mass is 242 g/mol. The molecule has 4 heteroatoms. The SMILES string of the molecule is C=CC(=O)OCCC[Si@](C)(C=CC)OCC. The van der Waals surface area contributed by atoms with Gasteiger partial charge in [-0.05, 0) is 32.9 Å². The van der Waals surface area contributed by atoms with Crippen LogP contribution in [-0.2, 0) is 14.0 Å². The largest absolute Gasteiger partial charge is 0.463 e. The van der Waals surface area contributed by atoms with E-state index in [1.54, 1.807) is 0 Å². The molecule has 92 valence electrons. The summed E-state index contributed by atoms with van der Waals surface area (Å²) in [5.74, 6) is -0.356. The zero-order chi connectivity index (χ0) is 12.4. The molecule has 0 spiro atoms. The molecular weight excluding hydrogens is 220 g/mol. The zero-order valence-corrected chi connectivity index (χ0v) is 11.5. The first kappa shape index (κ1) is 15.1. The maximum Gasteiger partial charge on any atom is 0.330 e. The highest BCUT2D eigenvalue weighted by Gasteiger charge is 2.24. The van der Waals surface area contributed by atoms with E-state index in [1.807, 2.05) is 19.9 Å². The fourth-order valence-corrected chi connectivity index (χ4v) is 4.16. The summed E-state index contributed by atoms with van der Waals surface area (Å²) >= 11 is 0. The van der Waals surface area contributed by atoms with E-state index in [0.717, 1.165) is 19.1 Å². The number of carbonyl (C=O) groups is 1. The molecule has 0 aromatic heterocycles. The van der Waals surface area contributed by atoms with Crippen LogP contribution in [0.15, 0.2) is 24.4 Å². The number of allylic oxidation sites excluding steroid dienone is 1. The second-order valence-electron chi connectivity index (χ2n) is 3.72. The first-order chi connectivity index (χ1) is 7.58. The molecule has 0 aliphatic carbocycles. The molecule has 0 heterocycles. The first-order valence-corrected chi connectivity index (χ1v) is 8.34. The second-order valence-corrected chi connectivity index (χ2v) is 7.47. The maximum atomic E-state index is 10.8. The summed E-state index contributed by atoms with van der Waals surface area (Å²) in [7, 11) is -1.73. The van der Waals surface area contributed by atoms with Gasteiger partial charge in [-0.2, -0.15) is 0 Å². The van der Waals surface area contributed by atoms with E-state index < -0.39 is 8.32 Å². The summed E-state index contributed by atoms with van der Waals surface area (Å²) in [6.45, 7) is 10.7. The summed E-state index contributed by atoms with van der Waals surface area (Å²) in [6.07, 6.45) is 4.06. The Kier molecular flexibility index (Phi) is 7.85. The van der Waals surface area contributed by atoms with E-state index in [9.17, 15) is 4.79 Å². The van der Waals surface area contributed by atoms with Gasteiger partial charge in [-0.25, -0.2) is 4.79 Å². The van der Waals surface area contributed by atoms with Crippen LogP contribution < -0.4 is 0 Å². The van der Waals surface area contributed by atoms with Gasteiger partial charge in [-0.1, -0.05) is 18.4 Å². The molecule has 0 aliphatic rings. The van der Waals surface area contributed by atoms with Crippen molar-refractivity contribution >= 4 is 14.3 Å². The van der Waals surface area contributed by atoms with Crippen molar-refractivity contribution in [2.24, 2.45) is 0 Å². The van der Waals surface area contributed by atoms with Gasteiger partial charge in [0.1, 0.15) is 0 Å². The molecule has 0 fully saturated rings. The molecule has 0 rings (SSSR count). The Labute approximate surface area is 99.3 Å². The van der Waals surface area contributed by atoms with Gasteiger partial charge in [-0.3, -0.25) is 0 Å². The highest BCUT2D eigenvalue weighted by molar-refractivity contribution is 6.77. The molecule has 0 aromatic carbocycles. The van der Waals surface area contributed by atoms with Gasteiger partial charge in [0.2, 0.25) is 8.32 Å². The zero-order valence-electron chi connectivity index (χ0n) is 10.5. The summed E-state index contributed by atoms with van der Waals surface area (Å²) < 4.78 is 10.7. The predicted octanol–water partition coefficient (Wildman–Crippen LogP) is 2.83. The number of esters is 1. The minimum Gasteiger partial charge on any atom is -0.463 e. The van der Waals surface area contributed by atoms with Gasteiger partial charge in [0, 0.05) is 12.7 Å². The van der Waals surface area contributed by atoms with Gasteiger partial charge >= 0.3 is 5.97 Å². The number of carbonyl (C=O) groups excluding carboxylic acids is 1. The standard InChI is InChI=1S/C12H22O3Si/c1-5-10-16(4,15-7-3)11-8-9-14-12(13)6-2/h5-6,10H,2,7-9,11H2,1,3-4H3/t16-/m0/s1. The topological polar surface area (TPSA) is 35.5 Å². The Morgan fingerprint density at radius 3 is 2.69 bits per heavy atom. The van der Waals surface area contributed by atoms with E-state index >= 15 is 0 Å². The Morgan fingerprint density at radius 1 is 1.50 bits per heavy atom. The average molecular weight is 242 g/mol. The molecule has 3 nitrogen and oxygen atoms in total. The van der Waals surface area contributed by atoms with E-state index in [-0.39, 0.29) is 5.97 Å². The van der Waals surface area contributed by atoms with E-state index in [0.29, 0.717) is 6.61 Å². The van der Waals surface area contributed by atoms with E-state index in [4.69, 9.17) is 9.16 Å². The second kappa shape index (κ2) is 8.30. The summed E-state index contributed by atoms with van der Waals surface area (Å²) in [4.78, 5) is 10.8. The van der Waals surface area contributed by atoms with Crippen molar-refractivity contribution in [3.63, 3.8) is 0 Å². The lowest BCUT2D eigenvalue weighted by molar-refractivity contribution is -0.137. The quantitative estimate of drug-likeness (QED) is 0.284. The van der Waals surface area contributed by atoms with Crippen LogP contribution in [-0.4, -0.2) is 27.5 Å². The van der Waals surface area contributed by atoms with Crippen LogP contribution >= 0.6 is 0 Å². The van der Waals surface area contributed by atoms with Gasteiger partial charge in [0.05, 0.1) is 6.61 Å². The van der Waals surface area contributed by atoms with Crippen LogP contribution in [0.4, 0.5) is 0 Å². The fourth-order valence-electron chi connectivity index (χ4n) is 1.54. The van der Waals surface area contributed by atoms with Crippen molar-refractivity contribution in [2.75, 3.05) is 13.2 Å². The normalized spacial score (nSPS) is 14.7. The smallest absolute Gasteiger partial charge is 0.330 e. The molecule has 0 unspecified atom stereocenters. The van der Waals surface area contributed by atoms with Crippen LogP contribution in [0.3, 0.4) is 0 Å². The maximum absolute atomic E-state index is 10.8. The lowest BCUT2D eigenvalue weighted by Gasteiger charge is -2.22. The molecule has 0 N–H and O–H groups in total. The molecule has 0 radical (unpaired) electrons. The summed E-state index contributed by atoms with van der Waals surface area (Å²) in [6, 6.07) is 0.968. The van der Waals surface area contributed by atoms with E-state index in [2.05, 4.69) is 18.8 Å². The van der Waals surface area contributed by atoms with Crippen molar-refractivity contribution < 1.29 is 14.0 Å². The van der Waals surface area contributed by atoms with Crippen molar-refractivity contribution in [3.8, 4) is 0 Å². The molecule has 16 heavy (non-hydrogen) atoms. The first-order valence-electron chi connectivity index (χ1n) is 5.65. The Balaban J connectivity index is 3.93. The van der Waals surface area contributed by atoms with E-state index in [1.165, 1.54) is 6.08 Å². The van der Waals surface area contributed by atoms with Gasteiger partial charge in [0.25, 0.3) is 0 Å². The molecular formula is C12H22O3Si. The van der Waals surface area contributed by atoms with Crippen LogP contribution in [0.25, 0.3) is 0 Å². The molecule has 1 atom stereocenters. The number of rotatable bonds is 8. The molecule has 0 bridgehead atoms. The highest BCUT2D eigenvalue weighted by Crippen LogP contribution is 2.15. The molecule has 0 amide bonds. The number of ether oxygens (including phenoxy) is 1. The van der Waals surface area contributed by atoms with Crippen LogP contribution in [0, 0.1) is 0 Å². The Morgan fingerprint density at radius 2 is 2.19 bits per heavy atom. The molecule has 0 aliphatic heterocycles. The van der Waals surface area contributed by atoms with Gasteiger partial charge < -0.3 is 9.16 Å². The van der Waals surface area contributed by atoms with Gasteiger partial charge in [0.15, 0.2) is 0 Å². The van der Waals surface area contributed by atoms with Crippen molar-refractivity contribution in [3.05, 3.63) is 24.4 Å². The fraction of sp³-hybridized carbons (Fsp3) is 0.583. The van der Waals surface area contributed by atoms with Gasteiger partial charge in [-0.15, -0.1) is 0 Å². The number of hydrogen-bond donors (Lipinski definition) is 0. The Hall–Kier alpha value is -0.873. The lowest BCUT2D eigenvalue weighted by atomic mass is 10.5. The highest BCUT2D eigenvalue weighted by atomic mass is 28.4. The van der Waals surface area contributed by atoms with Crippen molar-refractivity contribution in [1.82, 2.24) is 0 Å². The average Bonchev–Trinajstić information content (AvgIpc) is 2.25. The summed E-state index contributed by atoms with van der Waals surface area (Å²) in [5, 5.41) is 0. The molecule has 0 aromatic rings. The third kappa shape index (κ3) is 6.58. The lowest BCUT2D eigenvalue weighted by Crippen LogP contribution is -2.32. The van der Waals surface area contributed by atoms with Crippen molar-refractivity contribution in [1.29, 1.82) is 0 Å². The van der Waals surface area contributed by atoms with Crippen molar-refractivity contribution in [2.45, 2.75) is 32.9 Å². The molecule has 0 saturated carbocycles. The predicted molar refractivity (Wildman–Crippen MR) is 68.6 cm³/mol. The van der Waals surface area contributed by atoms with Crippen LogP contribution in [0.2, 0.25) is 12.6 Å². The molecule has 0 saturated heterocycles. The van der Waals surface area contributed by atoms with Crippen LogP contribution in [0.5, 0.6) is 0 Å². The third-order valence-electron chi connectivity index (χ3n) is 2.22. The third-order valence-corrected chi connectivity index (χ3v) is 5.55. The summed E-state index contributed by atoms with van der Waals surface area (Å²) in [5.41, 5.74) is 2.17.